The molecule has 2 atom stereocenters. The van der Waals surface area contributed by atoms with E-state index < -0.39 is 24.0 Å². The van der Waals surface area contributed by atoms with Crippen LogP contribution >= 0.6 is 0 Å². The molecule has 0 rings (SSSR count). The van der Waals surface area contributed by atoms with E-state index in [9.17, 15) is 9.59 Å². The number of nitrogens with one attached hydrogen (secondary N) is 1. The van der Waals surface area contributed by atoms with Crippen molar-refractivity contribution < 1.29 is 14.7 Å². The van der Waals surface area contributed by atoms with Crippen molar-refractivity contribution in [2.75, 3.05) is 0 Å². The van der Waals surface area contributed by atoms with Crippen LogP contribution in [-0.2, 0) is 9.59 Å². The van der Waals surface area contributed by atoms with Crippen molar-refractivity contribution in [2.45, 2.75) is 45.7 Å². The highest BCUT2D eigenvalue weighted by Gasteiger charge is 2.21. The van der Waals surface area contributed by atoms with Gasteiger partial charge in [0.05, 0.1) is 6.04 Å². The van der Waals surface area contributed by atoms with Crippen LogP contribution < -0.4 is 11.1 Å². The molecule has 15 heavy (non-hydrogen) atoms. The average molecular weight is 216 g/mol. The Labute approximate surface area is 90.0 Å². The molecule has 0 saturated heterocycles. The maximum atomic E-state index is 11.5. The molecule has 0 aromatic heterocycles. The molecule has 5 heteroatoms. The summed E-state index contributed by atoms with van der Waals surface area (Å²) in [6.45, 7) is 5.62. The van der Waals surface area contributed by atoms with E-state index in [1.807, 2.05) is 13.8 Å². The third-order valence-corrected chi connectivity index (χ3v) is 2.08. The van der Waals surface area contributed by atoms with Crippen LogP contribution in [0.3, 0.4) is 0 Å². The Hall–Kier alpha value is -1.10. The van der Waals surface area contributed by atoms with Gasteiger partial charge >= 0.3 is 5.97 Å². The zero-order valence-corrected chi connectivity index (χ0v) is 9.49. The van der Waals surface area contributed by atoms with Crippen LogP contribution in [0.2, 0.25) is 0 Å². The van der Waals surface area contributed by atoms with Gasteiger partial charge in [0.2, 0.25) is 5.91 Å². The lowest BCUT2D eigenvalue weighted by atomic mass is 10.0. The van der Waals surface area contributed by atoms with E-state index in [1.165, 1.54) is 0 Å². The second-order valence-corrected chi connectivity index (χ2v) is 4.04. The Balaban J connectivity index is 4.16. The van der Waals surface area contributed by atoms with Gasteiger partial charge < -0.3 is 16.2 Å². The fraction of sp³-hybridized carbons (Fsp3) is 0.800. The van der Waals surface area contributed by atoms with E-state index in [0.29, 0.717) is 18.8 Å². The summed E-state index contributed by atoms with van der Waals surface area (Å²) in [6, 6.07) is -1.46. The minimum absolute atomic E-state index is 0.315. The lowest BCUT2D eigenvalue weighted by Gasteiger charge is -2.17. The van der Waals surface area contributed by atoms with E-state index >= 15 is 0 Å². The van der Waals surface area contributed by atoms with Gasteiger partial charge in [0.15, 0.2) is 0 Å². The lowest BCUT2D eigenvalue weighted by molar-refractivity contribution is -0.142. The minimum atomic E-state index is -1.03. The first kappa shape index (κ1) is 13.9. The van der Waals surface area contributed by atoms with Crippen LogP contribution in [-0.4, -0.2) is 29.1 Å². The number of aliphatic carboxylic acids is 1. The molecular formula is C10H20N2O3. The highest BCUT2D eigenvalue weighted by atomic mass is 16.4. The topological polar surface area (TPSA) is 92.4 Å². The second-order valence-electron chi connectivity index (χ2n) is 4.04. The van der Waals surface area contributed by atoms with Gasteiger partial charge in [-0.25, -0.2) is 4.79 Å². The molecule has 88 valence electrons. The normalized spacial score (nSPS) is 14.7. The number of carboxylic acid groups (broad SMARTS) is 1. The Morgan fingerprint density at radius 2 is 1.93 bits per heavy atom. The molecule has 0 unspecified atom stereocenters. The highest BCUT2D eigenvalue weighted by Crippen LogP contribution is 2.03. The predicted molar refractivity (Wildman–Crippen MR) is 57.3 cm³/mol. The second kappa shape index (κ2) is 6.40. The van der Waals surface area contributed by atoms with E-state index in [2.05, 4.69) is 5.32 Å². The summed E-state index contributed by atoms with van der Waals surface area (Å²) in [7, 11) is 0. The van der Waals surface area contributed by atoms with Crippen LogP contribution in [0, 0.1) is 5.92 Å². The fourth-order valence-corrected chi connectivity index (χ4v) is 1.23. The fourth-order valence-electron chi connectivity index (χ4n) is 1.23. The van der Waals surface area contributed by atoms with Gasteiger partial charge in [-0.05, 0) is 18.8 Å². The molecule has 0 radical (unpaired) electrons. The largest absolute Gasteiger partial charge is 0.480 e. The molecular weight excluding hydrogens is 196 g/mol. The number of nitrogens with two attached hydrogens (primary N) is 1. The zero-order valence-electron chi connectivity index (χ0n) is 9.49. The lowest BCUT2D eigenvalue weighted by Crippen LogP contribution is -2.48. The summed E-state index contributed by atoms with van der Waals surface area (Å²) < 4.78 is 0. The SMILES string of the molecule is CC[C@@H](NC(=O)[C@H](N)CC(C)C)C(=O)O. The van der Waals surface area contributed by atoms with Crippen LogP contribution in [0.4, 0.5) is 0 Å². The molecule has 0 fully saturated rings. The first-order valence-corrected chi connectivity index (χ1v) is 5.17. The van der Waals surface area contributed by atoms with Crippen molar-refractivity contribution in [3.8, 4) is 0 Å². The van der Waals surface area contributed by atoms with Crippen LogP contribution in [0.5, 0.6) is 0 Å². The maximum absolute atomic E-state index is 11.5. The van der Waals surface area contributed by atoms with Crippen molar-refractivity contribution in [3.63, 3.8) is 0 Å². The molecule has 0 spiro atoms. The number of carbonyl (C=O) groups excluding carboxylic acids is 1. The third kappa shape index (κ3) is 5.37. The molecule has 0 saturated carbocycles. The third-order valence-electron chi connectivity index (χ3n) is 2.08. The highest BCUT2D eigenvalue weighted by molar-refractivity contribution is 5.86. The van der Waals surface area contributed by atoms with Gasteiger partial charge in [0, 0.05) is 0 Å². The molecule has 0 heterocycles. The summed E-state index contributed by atoms with van der Waals surface area (Å²) in [5.41, 5.74) is 5.62. The quantitative estimate of drug-likeness (QED) is 0.597. The Bertz CT molecular complexity index is 229. The molecule has 1 amide bonds. The monoisotopic (exact) mass is 216 g/mol. The molecule has 0 aliphatic carbocycles. The van der Waals surface area contributed by atoms with Gasteiger partial charge in [-0.1, -0.05) is 20.8 Å². The van der Waals surface area contributed by atoms with E-state index in [0.717, 1.165) is 0 Å². The summed E-state index contributed by atoms with van der Waals surface area (Å²) >= 11 is 0. The smallest absolute Gasteiger partial charge is 0.326 e. The Kier molecular flexibility index (Phi) is 5.93. The van der Waals surface area contributed by atoms with Crippen LogP contribution in [0.1, 0.15) is 33.6 Å². The van der Waals surface area contributed by atoms with E-state index in [4.69, 9.17) is 10.8 Å². The molecule has 0 aromatic carbocycles. The summed E-state index contributed by atoms with van der Waals surface area (Å²) in [6.07, 6.45) is 0.914. The van der Waals surface area contributed by atoms with Gasteiger partial charge in [-0.15, -0.1) is 0 Å². The van der Waals surface area contributed by atoms with Crippen LogP contribution in [0.25, 0.3) is 0 Å². The van der Waals surface area contributed by atoms with Crippen molar-refractivity contribution in [3.05, 3.63) is 0 Å². The van der Waals surface area contributed by atoms with Gasteiger partial charge in [-0.3, -0.25) is 4.79 Å². The average Bonchev–Trinajstić information content (AvgIpc) is 2.11. The molecule has 0 aliphatic heterocycles. The minimum Gasteiger partial charge on any atom is -0.480 e. The van der Waals surface area contributed by atoms with Crippen molar-refractivity contribution in [1.29, 1.82) is 0 Å². The number of rotatable bonds is 6. The Morgan fingerprint density at radius 3 is 2.27 bits per heavy atom. The molecule has 4 N–H and O–H groups in total. The standard InChI is InChI=1S/C10H20N2O3/c1-4-8(10(14)15)12-9(13)7(11)5-6(2)3/h6-8H,4-5,11H2,1-3H3,(H,12,13)(H,14,15)/t7-,8-/m1/s1. The number of hydrogen-bond donors (Lipinski definition) is 3. The van der Waals surface area contributed by atoms with Crippen molar-refractivity contribution in [1.82, 2.24) is 5.32 Å². The summed E-state index contributed by atoms with van der Waals surface area (Å²) in [5, 5.41) is 11.1. The van der Waals surface area contributed by atoms with Crippen molar-refractivity contribution in [2.24, 2.45) is 11.7 Å². The number of hydrogen-bond acceptors (Lipinski definition) is 3. The maximum Gasteiger partial charge on any atom is 0.326 e. The number of carboxylic acids is 1. The molecule has 0 aromatic rings. The Morgan fingerprint density at radius 1 is 1.40 bits per heavy atom. The molecule has 0 aliphatic rings. The van der Waals surface area contributed by atoms with E-state index in [-0.39, 0.29) is 0 Å². The number of amides is 1. The molecule has 5 nitrogen and oxygen atoms in total. The van der Waals surface area contributed by atoms with Gasteiger partial charge in [-0.2, -0.15) is 0 Å². The van der Waals surface area contributed by atoms with Crippen LogP contribution in [0.15, 0.2) is 0 Å². The van der Waals surface area contributed by atoms with E-state index in [1.54, 1.807) is 6.92 Å². The zero-order chi connectivity index (χ0) is 12.0. The van der Waals surface area contributed by atoms with Crippen molar-refractivity contribution >= 4 is 11.9 Å². The number of carbonyl (C=O) groups is 2. The summed E-state index contributed by atoms with van der Waals surface area (Å²) in [5.74, 6) is -1.10. The predicted octanol–water partition coefficient (Wildman–Crippen LogP) is 0.339. The first-order valence-electron chi connectivity index (χ1n) is 5.17. The van der Waals surface area contributed by atoms with Gasteiger partial charge in [0.1, 0.15) is 6.04 Å². The van der Waals surface area contributed by atoms with Gasteiger partial charge in [0.25, 0.3) is 0 Å². The first-order chi connectivity index (χ1) is 6.88. The summed E-state index contributed by atoms with van der Waals surface area (Å²) in [4.78, 5) is 22.1. The molecule has 0 bridgehead atoms.